The maximum absolute atomic E-state index is 10.6. The van der Waals surface area contributed by atoms with Crippen molar-refractivity contribution in [2.24, 2.45) is 0 Å². The molecule has 22 heavy (non-hydrogen) atoms. The first-order valence-electron chi connectivity index (χ1n) is 6.31. The van der Waals surface area contributed by atoms with Crippen molar-refractivity contribution in [3.05, 3.63) is 64.9 Å². The number of hydrogen-bond donors (Lipinski definition) is 0. The van der Waals surface area contributed by atoms with Crippen LogP contribution in [0.5, 0.6) is 0 Å². The summed E-state index contributed by atoms with van der Waals surface area (Å²) in [4.78, 5) is 10.6. The first-order valence-corrected chi connectivity index (χ1v) is 8.62. The molecule has 0 unspecified atom stereocenters. The van der Waals surface area contributed by atoms with Gasteiger partial charge in [-0.15, -0.1) is 6.42 Å². The minimum atomic E-state index is -0.614. The smallest absolute Gasteiger partial charge is 1.00 e. The number of aryl methyl sites for hydroxylation is 2. The van der Waals surface area contributed by atoms with Crippen LogP contribution in [0.1, 0.15) is 27.9 Å². The molecule has 2 rings (SSSR count). The van der Waals surface area contributed by atoms with E-state index in [-0.39, 0.29) is 51.0 Å². The molecule has 2 nitrogen and oxygen atoms in total. The van der Waals surface area contributed by atoms with E-state index >= 15 is 0 Å². The topological polar surface area (TPSA) is 40.9 Å². The Kier molecular flexibility index (Phi) is 25.6. The van der Waals surface area contributed by atoms with E-state index in [9.17, 15) is 4.79 Å². The summed E-state index contributed by atoms with van der Waals surface area (Å²) in [7, 11) is 0.750. The number of allylic oxidation sites excluding steroid dienone is 4. The van der Waals surface area contributed by atoms with Gasteiger partial charge in [-0.05, 0) is 19.4 Å². The molecule has 119 valence electrons. The third-order valence-corrected chi connectivity index (χ3v) is 2.07. The van der Waals surface area contributed by atoms with Crippen LogP contribution in [0, 0.1) is 19.9 Å². The maximum atomic E-state index is 10.6. The van der Waals surface area contributed by atoms with E-state index < -0.39 is 5.91 Å². The number of carbonyl (C=O) groups is 1. The van der Waals surface area contributed by atoms with Gasteiger partial charge in [0.05, 0.1) is 5.91 Å². The maximum Gasteiger partial charge on any atom is 4.00 e. The molecule has 0 spiro atoms. The Labute approximate surface area is 168 Å². The van der Waals surface area contributed by atoms with Crippen molar-refractivity contribution >= 4 is 15.4 Å². The van der Waals surface area contributed by atoms with E-state index in [2.05, 4.69) is 25.2 Å². The molecule has 0 atom stereocenters. The van der Waals surface area contributed by atoms with Gasteiger partial charge in [-0.25, -0.2) is 12.2 Å². The Morgan fingerprint density at radius 2 is 1.59 bits per heavy atom. The van der Waals surface area contributed by atoms with Crippen LogP contribution in [-0.4, -0.2) is 15.4 Å². The van der Waals surface area contributed by atoms with E-state index in [1.807, 2.05) is 32.1 Å². The van der Waals surface area contributed by atoms with Crippen LogP contribution < -0.4 is 24.8 Å². The van der Waals surface area contributed by atoms with Gasteiger partial charge in [-0.2, -0.15) is 6.08 Å². The second-order valence-corrected chi connectivity index (χ2v) is 5.44. The van der Waals surface area contributed by atoms with Crippen molar-refractivity contribution in [3.63, 3.8) is 0 Å². The van der Waals surface area contributed by atoms with Crippen molar-refractivity contribution in [2.75, 3.05) is 0 Å². The minimum Gasteiger partial charge on any atom is -1.00 e. The molecule has 1 N–H and O–H groups in total. The SMILES string of the molecule is C[SiH]C.Cc1cc(C)cc(C([NH-])=O)c1.[C-]1=CC=CC1.[Cl-].[Cl-].[Zr+4]. The Bertz CT molecular complexity index is 435. The molecule has 1 aliphatic carbocycles. The third-order valence-electron chi connectivity index (χ3n) is 2.07. The fourth-order valence-corrected chi connectivity index (χ4v) is 1.45. The van der Waals surface area contributed by atoms with Crippen molar-refractivity contribution in [2.45, 2.75) is 33.4 Å². The summed E-state index contributed by atoms with van der Waals surface area (Å²) < 4.78 is 0. The number of hydrogen-bond acceptors (Lipinski definition) is 1. The van der Waals surface area contributed by atoms with Gasteiger partial charge in [0.1, 0.15) is 0 Å². The number of rotatable bonds is 1. The van der Waals surface area contributed by atoms with Crippen LogP contribution in [-0.2, 0) is 26.2 Å². The predicted molar refractivity (Wildman–Crippen MR) is 85.0 cm³/mol. The molecule has 6 heteroatoms. The number of carbonyl (C=O) groups excluding carboxylic acids is 1. The molecule has 1 aromatic carbocycles. The molecule has 0 saturated carbocycles. The van der Waals surface area contributed by atoms with Gasteiger partial charge in [0.25, 0.3) is 0 Å². The van der Waals surface area contributed by atoms with Crippen molar-refractivity contribution < 1.29 is 55.8 Å². The fourth-order valence-electron chi connectivity index (χ4n) is 1.45. The molecule has 0 heterocycles. The zero-order chi connectivity index (χ0) is 14.7. The largest absolute Gasteiger partial charge is 4.00 e. The zero-order valence-corrected chi connectivity index (χ0v) is 18.5. The fraction of sp³-hybridized carbons (Fsp3) is 0.312. The quantitative estimate of drug-likeness (QED) is 0.385. The summed E-state index contributed by atoms with van der Waals surface area (Å²) in [5, 5.41) is 0. The summed E-state index contributed by atoms with van der Waals surface area (Å²) in [5.74, 6) is -0.614. The van der Waals surface area contributed by atoms with E-state index in [0.717, 1.165) is 27.1 Å². The van der Waals surface area contributed by atoms with Gasteiger partial charge in [0.15, 0.2) is 0 Å². The predicted octanol–water partition coefficient (Wildman–Crippen LogP) is -1.67. The first-order chi connectivity index (χ1) is 9.01. The normalized spacial score (nSPS) is 9.64. The summed E-state index contributed by atoms with van der Waals surface area (Å²) >= 11 is 0. The second kappa shape index (κ2) is 18.9. The molecule has 1 radical (unpaired) electrons. The van der Waals surface area contributed by atoms with E-state index in [1.54, 1.807) is 12.1 Å². The van der Waals surface area contributed by atoms with Crippen LogP contribution in [0.4, 0.5) is 0 Å². The van der Waals surface area contributed by atoms with Gasteiger partial charge in [-0.3, -0.25) is 6.08 Å². The van der Waals surface area contributed by atoms with Crippen molar-refractivity contribution in [1.29, 1.82) is 0 Å². The van der Waals surface area contributed by atoms with Crippen LogP contribution >= 0.6 is 0 Å². The summed E-state index contributed by atoms with van der Waals surface area (Å²) in [5.41, 5.74) is 9.40. The van der Waals surface area contributed by atoms with Crippen LogP contribution in [0.3, 0.4) is 0 Å². The number of benzene rings is 1. The van der Waals surface area contributed by atoms with Crippen LogP contribution in [0.15, 0.2) is 36.4 Å². The third kappa shape index (κ3) is 16.2. The molecular weight excluding hydrogens is 412 g/mol. The Morgan fingerprint density at radius 1 is 1.14 bits per heavy atom. The minimum absolute atomic E-state index is 0. The average Bonchev–Trinajstić information content (AvgIpc) is 2.87. The summed E-state index contributed by atoms with van der Waals surface area (Å²) in [6.07, 6.45) is 10.0. The molecule has 0 fully saturated rings. The average molecular weight is 435 g/mol. The molecule has 1 aliphatic rings. The number of amides is 1. The standard InChI is InChI=1S/C9H11NO.C5H5.C2H7Si.2ClH.Zr/c1-6-3-7(2)5-8(4-6)9(10)11;1-2-4-5-3-1;1-3-2;;;/h3-5H,1-2H3,(H2,10,11);1-3H,4H2;3H,1-2H3;2*1H;/q;-1;;;;+4/p-3. The molecule has 0 saturated heterocycles. The van der Waals surface area contributed by atoms with Gasteiger partial charge in [-0.1, -0.05) is 42.4 Å². The van der Waals surface area contributed by atoms with Gasteiger partial charge in [0.2, 0.25) is 0 Å². The van der Waals surface area contributed by atoms with Crippen LogP contribution in [0.25, 0.3) is 5.73 Å². The summed E-state index contributed by atoms with van der Waals surface area (Å²) in [6, 6.07) is 5.43. The van der Waals surface area contributed by atoms with Crippen LogP contribution in [0.2, 0.25) is 13.1 Å². The summed E-state index contributed by atoms with van der Waals surface area (Å²) in [6.45, 7) is 8.25. The van der Waals surface area contributed by atoms with E-state index in [4.69, 9.17) is 5.73 Å². The van der Waals surface area contributed by atoms with Crippen molar-refractivity contribution in [3.8, 4) is 0 Å². The van der Waals surface area contributed by atoms with Crippen molar-refractivity contribution in [1.82, 2.24) is 0 Å². The van der Waals surface area contributed by atoms with E-state index in [0.29, 0.717) is 5.56 Å². The molecule has 1 aromatic rings. The second-order valence-electron chi connectivity index (χ2n) is 4.29. The Morgan fingerprint density at radius 3 is 1.82 bits per heavy atom. The van der Waals surface area contributed by atoms with Gasteiger partial charge >= 0.3 is 26.2 Å². The monoisotopic (exact) mass is 432 g/mol. The molecule has 0 aromatic heterocycles. The first kappa shape index (κ1) is 29.8. The zero-order valence-electron chi connectivity index (χ0n) is 13.4. The Hall–Kier alpha value is -0.150. The Balaban J connectivity index is -0.000000126. The van der Waals surface area contributed by atoms with Gasteiger partial charge < -0.3 is 35.3 Å². The molecular formula is C16H22Cl2NOSiZr. The molecule has 0 bridgehead atoms. The molecule has 1 amide bonds. The number of halogens is 2. The molecule has 0 aliphatic heterocycles. The van der Waals surface area contributed by atoms with E-state index in [1.165, 1.54) is 0 Å². The van der Waals surface area contributed by atoms with Gasteiger partial charge in [0, 0.05) is 9.52 Å². The number of nitrogens with one attached hydrogen (secondary N) is 1.